The standard InChI is InChI=1S/C13H21N3O3/c1-5-6-11(12(17)18)14-13(19)16-7-9(2)15(4)10(3)8-16/h1,9-11H,6-8H2,2-4H3,(H,14,19)(H,17,18). The van der Waals surface area contributed by atoms with Crippen LogP contribution < -0.4 is 5.32 Å². The van der Waals surface area contributed by atoms with Crippen LogP contribution in [0.3, 0.4) is 0 Å². The fourth-order valence-electron chi connectivity index (χ4n) is 2.13. The molecule has 1 saturated heterocycles. The minimum Gasteiger partial charge on any atom is -0.480 e. The smallest absolute Gasteiger partial charge is 0.327 e. The van der Waals surface area contributed by atoms with E-state index in [1.807, 2.05) is 20.9 Å². The molecule has 1 rings (SSSR count). The number of piperazine rings is 1. The molecule has 2 N–H and O–H groups in total. The van der Waals surface area contributed by atoms with Gasteiger partial charge in [-0.2, -0.15) is 0 Å². The summed E-state index contributed by atoms with van der Waals surface area (Å²) in [6.45, 7) is 5.22. The Morgan fingerprint density at radius 1 is 1.42 bits per heavy atom. The van der Waals surface area contributed by atoms with Crippen LogP contribution in [0.15, 0.2) is 0 Å². The van der Waals surface area contributed by atoms with Crippen molar-refractivity contribution in [3.63, 3.8) is 0 Å². The average molecular weight is 267 g/mol. The van der Waals surface area contributed by atoms with Gasteiger partial charge in [0.2, 0.25) is 0 Å². The number of likely N-dealkylation sites (N-methyl/N-ethyl adjacent to an activating group) is 1. The molecule has 3 unspecified atom stereocenters. The molecule has 0 bridgehead atoms. The molecule has 0 aromatic heterocycles. The Hall–Kier alpha value is -1.74. The summed E-state index contributed by atoms with van der Waals surface area (Å²) < 4.78 is 0. The largest absolute Gasteiger partial charge is 0.480 e. The van der Waals surface area contributed by atoms with E-state index < -0.39 is 12.0 Å². The van der Waals surface area contributed by atoms with E-state index >= 15 is 0 Å². The number of nitrogens with zero attached hydrogens (tertiary/aromatic N) is 2. The predicted octanol–water partition coefficient (Wildman–Crippen LogP) is 0.197. The van der Waals surface area contributed by atoms with E-state index in [1.54, 1.807) is 4.90 Å². The summed E-state index contributed by atoms with van der Waals surface area (Å²) in [4.78, 5) is 26.8. The van der Waals surface area contributed by atoms with Crippen molar-refractivity contribution in [3.8, 4) is 12.3 Å². The quantitative estimate of drug-likeness (QED) is 0.716. The molecule has 0 radical (unpaired) electrons. The van der Waals surface area contributed by atoms with Gasteiger partial charge in [0, 0.05) is 31.6 Å². The van der Waals surface area contributed by atoms with Gasteiger partial charge in [-0.1, -0.05) is 0 Å². The van der Waals surface area contributed by atoms with Crippen LogP contribution in [0.5, 0.6) is 0 Å². The van der Waals surface area contributed by atoms with Crippen LogP contribution in [0.25, 0.3) is 0 Å². The second-order valence-corrected chi connectivity index (χ2v) is 5.02. The first-order valence-electron chi connectivity index (χ1n) is 6.30. The number of carbonyl (C=O) groups excluding carboxylic acids is 1. The molecule has 0 saturated carbocycles. The Kier molecular flexibility index (Phi) is 5.19. The van der Waals surface area contributed by atoms with Crippen LogP contribution in [-0.4, -0.2) is 65.2 Å². The first-order valence-corrected chi connectivity index (χ1v) is 6.30. The highest BCUT2D eigenvalue weighted by molar-refractivity contribution is 5.82. The lowest BCUT2D eigenvalue weighted by molar-refractivity contribution is -0.139. The number of carboxylic acids is 1. The lowest BCUT2D eigenvalue weighted by Gasteiger charge is -2.42. The normalized spacial score (nSPS) is 25.5. The number of hydrogen-bond acceptors (Lipinski definition) is 3. The van der Waals surface area contributed by atoms with Crippen molar-refractivity contribution in [2.45, 2.75) is 38.4 Å². The van der Waals surface area contributed by atoms with Gasteiger partial charge >= 0.3 is 12.0 Å². The predicted molar refractivity (Wildman–Crippen MR) is 71.7 cm³/mol. The Bertz CT molecular complexity index is 379. The summed E-state index contributed by atoms with van der Waals surface area (Å²) >= 11 is 0. The number of carboxylic acid groups (broad SMARTS) is 1. The second-order valence-electron chi connectivity index (χ2n) is 5.02. The average Bonchev–Trinajstić information content (AvgIpc) is 2.34. The summed E-state index contributed by atoms with van der Waals surface area (Å²) in [6, 6.07) is -0.909. The van der Waals surface area contributed by atoms with E-state index in [2.05, 4.69) is 16.1 Å². The number of carbonyl (C=O) groups is 2. The van der Waals surface area contributed by atoms with E-state index in [0.29, 0.717) is 13.1 Å². The maximum Gasteiger partial charge on any atom is 0.327 e. The van der Waals surface area contributed by atoms with Gasteiger partial charge in [-0.05, 0) is 20.9 Å². The molecule has 0 aliphatic carbocycles. The van der Waals surface area contributed by atoms with Crippen LogP contribution in [0.1, 0.15) is 20.3 Å². The maximum atomic E-state index is 12.0. The third-order valence-electron chi connectivity index (χ3n) is 3.56. The summed E-state index contributed by atoms with van der Waals surface area (Å²) in [7, 11) is 2.02. The summed E-state index contributed by atoms with van der Waals surface area (Å²) in [5, 5.41) is 11.4. The highest BCUT2D eigenvalue weighted by Gasteiger charge is 2.31. The van der Waals surface area contributed by atoms with Crippen molar-refractivity contribution in [1.82, 2.24) is 15.1 Å². The number of terminal acetylenes is 1. The van der Waals surface area contributed by atoms with Crippen molar-refractivity contribution >= 4 is 12.0 Å². The fraction of sp³-hybridized carbons (Fsp3) is 0.692. The molecule has 0 aromatic carbocycles. The highest BCUT2D eigenvalue weighted by atomic mass is 16.4. The number of rotatable bonds is 3. The van der Waals surface area contributed by atoms with E-state index in [0.717, 1.165) is 0 Å². The van der Waals surface area contributed by atoms with Gasteiger partial charge in [0.25, 0.3) is 0 Å². The molecule has 1 aliphatic rings. The SMILES string of the molecule is C#CCC(NC(=O)N1CC(C)N(C)C(C)C1)C(=O)O. The molecule has 6 nitrogen and oxygen atoms in total. The molecular weight excluding hydrogens is 246 g/mol. The van der Waals surface area contributed by atoms with Crippen molar-refractivity contribution in [2.75, 3.05) is 20.1 Å². The van der Waals surface area contributed by atoms with E-state index in [4.69, 9.17) is 11.5 Å². The third-order valence-corrected chi connectivity index (χ3v) is 3.56. The van der Waals surface area contributed by atoms with Gasteiger partial charge in [-0.3, -0.25) is 4.90 Å². The van der Waals surface area contributed by atoms with Crippen LogP contribution in [0, 0.1) is 12.3 Å². The zero-order chi connectivity index (χ0) is 14.6. The van der Waals surface area contributed by atoms with Crippen LogP contribution >= 0.6 is 0 Å². The van der Waals surface area contributed by atoms with E-state index in [9.17, 15) is 9.59 Å². The lowest BCUT2D eigenvalue weighted by Crippen LogP contribution is -2.59. The summed E-state index contributed by atoms with van der Waals surface area (Å²) in [5.74, 6) is 1.15. The van der Waals surface area contributed by atoms with Crippen LogP contribution in [-0.2, 0) is 4.79 Å². The third kappa shape index (κ3) is 3.86. The molecule has 2 amide bonds. The number of aliphatic carboxylic acids is 1. The van der Waals surface area contributed by atoms with Crippen LogP contribution in [0.4, 0.5) is 4.79 Å². The molecule has 0 aromatic rings. The Labute approximate surface area is 113 Å². The lowest BCUT2D eigenvalue weighted by atomic mass is 10.1. The molecule has 106 valence electrons. The van der Waals surface area contributed by atoms with Gasteiger partial charge in [0.05, 0.1) is 0 Å². The molecule has 0 spiro atoms. The highest BCUT2D eigenvalue weighted by Crippen LogP contribution is 2.13. The number of nitrogens with one attached hydrogen (secondary N) is 1. The monoisotopic (exact) mass is 267 g/mol. The number of amides is 2. The minimum atomic E-state index is -1.11. The van der Waals surface area contributed by atoms with Crippen LogP contribution in [0.2, 0.25) is 0 Å². The topological polar surface area (TPSA) is 72.9 Å². The molecule has 1 aliphatic heterocycles. The minimum absolute atomic E-state index is 0.0140. The van der Waals surface area contributed by atoms with E-state index in [1.165, 1.54) is 0 Å². The Morgan fingerprint density at radius 2 is 1.95 bits per heavy atom. The second kappa shape index (κ2) is 6.43. The first kappa shape index (κ1) is 15.3. The Balaban J connectivity index is 2.63. The molecular formula is C13H21N3O3. The molecule has 1 fully saturated rings. The number of hydrogen-bond donors (Lipinski definition) is 2. The van der Waals surface area contributed by atoms with Crippen molar-refractivity contribution in [3.05, 3.63) is 0 Å². The van der Waals surface area contributed by atoms with Crippen molar-refractivity contribution in [2.24, 2.45) is 0 Å². The zero-order valence-corrected chi connectivity index (χ0v) is 11.6. The number of urea groups is 1. The molecule has 1 heterocycles. The van der Waals surface area contributed by atoms with Gasteiger partial charge in [-0.15, -0.1) is 12.3 Å². The fourth-order valence-corrected chi connectivity index (χ4v) is 2.13. The maximum absolute atomic E-state index is 12.0. The summed E-state index contributed by atoms with van der Waals surface area (Å²) in [6.07, 6.45) is 5.08. The van der Waals surface area contributed by atoms with Gasteiger partial charge < -0.3 is 15.3 Å². The van der Waals surface area contributed by atoms with Gasteiger partial charge in [0.1, 0.15) is 6.04 Å². The van der Waals surface area contributed by atoms with Crippen molar-refractivity contribution in [1.29, 1.82) is 0 Å². The molecule has 19 heavy (non-hydrogen) atoms. The first-order chi connectivity index (χ1) is 8.86. The Morgan fingerprint density at radius 3 is 2.37 bits per heavy atom. The molecule has 6 heteroatoms. The van der Waals surface area contributed by atoms with Gasteiger partial charge in [-0.25, -0.2) is 9.59 Å². The van der Waals surface area contributed by atoms with E-state index in [-0.39, 0.29) is 24.5 Å². The van der Waals surface area contributed by atoms with Gasteiger partial charge in [0.15, 0.2) is 0 Å². The van der Waals surface area contributed by atoms with Crippen molar-refractivity contribution < 1.29 is 14.7 Å². The zero-order valence-electron chi connectivity index (χ0n) is 11.6. The summed E-state index contributed by atoms with van der Waals surface area (Å²) in [5.41, 5.74) is 0. The molecule has 3 atom stereocenters.